The minimum atomic E-state index is -0.694. The van der Waals surface area contributed by atoms with Gasteiger partial charge in [0, 0.05) is 13.2 Å². The molecule has 0 aromatic carbocycles. The van der Waals surface area contributed by atoms with Crippen LogP contribution in [0.3, 0.4) is 0 Å². The van der Waals surface area contributed by atoms with Gasteiger partial charge in [0.05, 0.1) is 5.60 Å². The van der Waals surface area contributed by atoms with Crippen LogP contribution in [0.5, 0.6) is 0 Å². The topological polar surface area (TPSA) is 58.6 Å². The Kier molecular flexibility index (Phi) is 4.05. The lowest BCUT2D eigenvalue weighted by Crippen LogP contribution is -2.47. The molecule has 2 aliphatic rings. The lowest BCUT2D eigenvalue weighted by molar-refractivity contribution is -0.131. The van der Waals surface area contributed by atoms with E-state index >= 15 is 0 Å². The molecule has 1 heterocycles. The fourth-order valence-electron chi connectivity index (χ4n) is 2.63. The fraction of sp³-hybridized carbons (Fsp3) is 0.923. The van der Waals surface area contributed by atoms with Gasteiger partial charge in [0.15, 0.2) is 0 Å². The van der Waals surface area contributed by atoms with Gasteiger partial charge in [-0.05, 0) is 44.4 Å². The third kappa shape index (κ3) is 3.42. The number of hydrogen-bond acceptors (Lipinski definition) is 3. The highest BCUT2D eigenvalue weighted by molar-refractivity contribution is 5.81. The number of rotatable bonds is 3. The summed E-state index contributed by atoms with van der Waals surface area (Å²) in [6.45, 7) is 3.27. The molecule has 1 atom stereocenters. The largest absolute Gasteiger partial charge is 0.388 e. The van der Waals surface area contributed by atoms with Crippen LogP contribution in [0, 0.1) is 5.92 Å². The number of carbonyl (C=O) groups excluding carboxylic acids is 1. The predicted octanol–water partition coefficient (Wildman–Crippen LogP) is 1.22. The number of amides is 1. The fourth-order valence-corrected chi connectivity index (χ4v) is 2.63. The number of ether oxygens (including phenoxy) is 1. The van der Waals surface area contributed by atoms with Crippen molar-refractivity contribution in [3.05, 3.63) is 0 Å². The predicted molar refractivity (Wildman–Crippen MR) is 64.6 cm³/mol. The molecule has 1 aliphatic heterocycles. The Morgan fingerprint density at radius 1 is 1.41 bits per heavy atom. The Hall–Kier alpha value is -0.610. The van der Waals surface area contributed by atoms with Gasteiger partial charge in [-0.1, -0.05) is 6.92 Å². The van der Waals surface area contributed by atoms with Crippen LogP contribution in [0.1, 0.15) is 45.4 Å². The summed E-state index contributed by atoms with van der Waals surface area (Å²) in [6, 6.07) is 0. The van der Waals surface area contributed by atoms with Gasteiger partial charge in [-0.15, -0.1) is 0 Å². The zero-order chi connectivity index (χ0) is 12.3. The Balaban J connectivity index is 1.75. The van der Waals surface area contributed by atoms with Crippen LogP contribution in [0.2, 0.25) is 0 Å². The Labute approximate surface area is 103 Å². The maximum absolute atomic E-state index is 11.7. The van der Waals surface area contributed by atoms with Gasteiger partial charge in [-0.3, -0.25) is 4.79 Å². The van der Waals surface area contributed by atoms with Gasteiger partial charge in [0.2, 0.25) is 5.91 Å². The van der Waals surface area contributed by atoms with E-state index in [4.69, 9.17) is 4.74 Å². The van der Waals surface area contributed by atoms with Crippen molar-refractivity contribution in [1.82, 2.24) is 5.32 Å². The molecule has 1 saturated carbocycles. The molecule has 1 aliphatic carbocycles. The highest BCUT2D eigenvalue weighted by Gasteiger charge is 2.33. The van der Waals surface area contributed by atoms with Crippen LogP contribution < -0.4 is 5.32 Å². The van der Waals surface area contributed by atoms with Crippen molar-refractivity contribution in [2.45, 2.75) is 57.2 Å². The zero-order valence-electron chi connectivity index (χ0n) is 10.6. The van der Waals surface area contributed by atoms with Crippen molar-refractivity contribution in [3.8, 4) is 0 Å². The summed E-state index contributed by atoms with van der Waals surface area (Å²) in [5, 5.41) is 13.2. The molecular weight excluding hydrogens is 218 g/mol. The van der Waals surface area contributed by atoms with E-state index in [1.807, 2.05) is 0 Å². The molecular formula is C13H23NO3. The van der Waals surface area contributed by atoms with Gasteiger partial charge in [0.1, 0.15) is 6.10 Å². The first kappa shape index (κ1) is 12.8. The number of aliphatic hydroxyl groups is 1. The monoisotopic (exact) mass is 241 g/mol. The molecule has 1 amide bonds. The first-order valence-corrected chi connectivity index (χ1v) is 6.71. The maximum atomic E-state index is 11.7. The molecule has 0 bridgehead atoms. The van der Waals surface area contributed by atoms with Gasteiger partial charge in [-0.2, -0.15) is 0 Å². The summed E-state index contributed by atoms with van der Waals surface area (Å²) in [4.78, 5) is 11.7. The molecule has 1 saturated heterocycles. The number of hydrogen-bond donors (Lipinski definition) is 2. The highest BCUT2D eigenvalue weighted by Crippen LogP contribution is 2.31. The van der Waals surface area contributed by atoms with Gasteiger partial charge in [0.25, 0.3) is 0 Å². The van der Waals surface area contributed by atoms with E-state index in [-0.39, 0.29) is 12.0 Å². The molecule has 0 radical (unpaired) electrons. The van der Waals surface area contributed by atoms with Crippen LogP contribution in [0.15, 0.2) is 0 Å². The third-order valence-electron chi connectivity index (χ3n) is 4.02. The summed E-state index contributed by atoms with van der Waals surface area (Å²) in [6.07, 6.45) is 5.15. The van der Waals surface area contributed by atoms with Gasteiger partial charge < -0.3 is 15.2 Å². The summed E-state index contributed by atoms with van der Waals surface area (Å²) in [5.41, 5.74) is -0.694. The van der Waals surface area contributed by atoms with Crippen LogP contribution in [-0.2, 0) is 9.53 Å². The number of nitrogens with one attached hydrogen (secondary N) is 1. The molecule has 0 aromatic heterocycles. The Morgan fingerprint density at radius 3 is 2.71 bits per heavy atom. The van der Waals surface area contributed by atoms with Crippen molar-refractivity contribution in [1.29, 1.82) is 0 Å². The Morgan fingerprint density at radius 2 is 2.12 bits per heavy atom. The molecule has 2 N–H and O–H groups in total. The van der Waals surface area contributed by atoms with Crippen LogP contribution in [0.4, 0.5) is 0 Å². The van der Waals surface area contributed by atoms with E-state index in [0.717, 1.165) is 38.5 Å². The van der Waals surface area contributed by atoms with Crippen LogP contribution in [0.25, 0.3) is 0 Å². The van der Waals surface area contributed by atoms with Crippen molar-refractivity contribution < 1.29 is 14.6 Å². The number of carbonyl (C=O) groups is 1. The summed E-state index contributed by atoms with van der Waals surface area (Å²) in [7, 11) is 0. The molecule has 17 heavy (non-hydrogen) atoms. The van der Waals surface area contributed by atoms with E-state index in [9.17, 15) is 9.90 Å². The molecule has 2 fully saturated rings. The molecule has 4 nitrogen and oxygen atoms in total. The minimum Gasteiger partial charge on any atom is -0.388 e. The van der Waals surface area contributed by atoms with E-state index in [1.165, 1.54) is 0 Å². The first-order chi connectivity index (χ1) is 8.09. The van der Waals surface area contributed by atoms with E-state index in [1.54, 1.807) is 0 Å². The molecule has 2 rings (SSSR count). The maximum Gasteiger partial charge on any atom is 0.249 e. The van der Waals surface area contributed by atoms with Crippen LogP contribution in [-0.4, -0.2) is 35.9 Å². The second-order valence-electron chi connectivity index (χ2n) is 5.63. The van der Waals surface area contributed by atoms with Crippen molar-refractivity contribution in [3.63, 3.8) is 0 Å². The molecule has 4 heteroatoms. The van der Waals surface area contributed by atoms with Gasteiger partial charge in [-0.25, -0.2) is 0 Å². The second-order valence-corrected chi connectivity index (χ2v) is 5.63. The molecule has 0 aromatic rings. The summed E-state index contributed by atoms with van der Waals surface area (Å²) >= 11 is 0. The summed E-state index contributed by atoms with van der Waals surface area (Å²) < 4.78 is 5.31. The van der Waals surface area contributed by atoms with Gasteiger partial charge >= 0.3 is 0 Å². The van der Waals surface area contributed by atoms with E-state index in [0.29, 0.717) is 19.1 Å². The molecule has 0 spiro atoms. The zero-order valence-corrected chi connectivity index (χ0v) is 10.6. The van der Waals surface area contributed by atoms with Crippen molar-refractivity contribution in [2.24, 2.45) is 5.92 Å². The smallest absolute Gasteiger partial charge is 0.249 e. The van der Waals surface area contributed by atoms with Crippen LogP contribution >= 0.6 is 0 Å². The standard InChI is InChI=1S/C13H23NO3/c1-10-4-6-13(16,7-5-10)9-14-12(15)11-3-2-8-17-11/h10-11,16H,2-9H2,1H3,(H,14,15). The molecule has 1 unspecified atom stereocenters. The quantitative estimate of drug-likeness (QED) is 0.781. The SMILES string of the molecule is CC1CCC(O)(CNC(=O)C2CCCO2)CC1. The lowest BCUT2D eigenvalue weighted by atomic mass is 9.79. The second kappa shape index (κ2) is 5.36. The Bertz CT molecular complexity index is 266. The van der Waals surface area contributed by atoms with Crippen molar-refractivity contribution in [2.75, 3.05) is 13.2 Å². The van der Waals surface area contributed by atoms with Crippen molar-refractivity contribution >= 4 is 5.91 Å². The van der Waals surface area contributed by atoms with E-state index in [2.05, 4.69) is 12.2 Å². The lowest BCUT2D eigenvalue weighted by Gasteiger charge is -2.35. The first-order valence-electron chi connectivity index (χ1n) is 6.71. The minimum absolute atomic E-state index is 0.0606. The van der Waals surface area contributed by atoms with E-state index < -0.39 is 5.60 Å². The average molecular weight is 241 g/mol. The molecule has 98 valence electrons. The third-order valence-corrected chi connectivity index (χ3v) is 4.02. The highest BCUT2D eigenvalue weighted by atomic mass is 16.5. The summed E-state index contributed by atoms with van der Waals surface area (Å²) in [5.74, 6) is 0.638. The normalized spacial score (nSPS) is 38.0. The average Bonchev–Trinajstić information content (AvgIpc) is 2.84.